The van der Waals surface area contributed by atoms with Gasteiger partial charge in [0.2, 0.25) is 5.91 Å². The second-order valence-corrected chi connectivity index (χ2v) is 5.77. The molecule has 2 heterocycles. The van der Waals surface area contributed by atoms with Gasteiger partial charge in [0, 0.05) is 38.3 Å². The molecule has 0 radical (unpaired) electrons. The molecule has 0 N–H and O–H groups in total. The van der Waals surface area contributed by atoms with E-state index < -0.39 is 0 Å². The van der Waals surface area contributed by atoms with Gasteiger partial charge in [-0.2, -0.15) is 0 Å². The average molecular weight is 337 g/mol. The summed E-state index contributed by atoms with van der Waals surface area (Å²) in [5.41, 5.74) is 1.27. The molecule has 25 heavy (non-hydrogen) atoms. The molecule has 0 saturated carbocycles. The molecule has 0 aliphatic carbocycles. The molecule has 2 aromatic heterocycles. The van der Waals surface area contributed by atoms with Crippen LogP contribution in [0, 0.1) is 0 Å². The van der Waals surface area contributed by atoms with Gasteiger partial charge in [0.25, 0.3) is 5.56 Å². The zero-order chi connectivity index (χ0) is 17.6. The number of pyridine rings is 1. The van der Waals surface area contributed by atoms with Crippen molar-refractivity contribution in [1.82, 2.24) is 24.9 Å². The number of rotatable bonds is 6. The van der Waals surface area contributed by atoms with Crippen molar-refractivity contribution in [3.05, 3.63) is 64.7 Å². The molecule has 0 aliphatic heterocycles. The Labute approximate surface area is 144 Å². The Balaban J connectivity index is 1.58. The lowest BCUT2D eigenvalue weighted by atomic mass is 10.2. The highest BCUT2D eigenvalue weighted by atomic mass is 16.2. The molecule has 0 fully saturated rings. The van der Waals surface area contributed by atoms with Crippen molar-refractivity contribution in [2.45, 2.75) is 19.4 Å². The zero-order valence-electron chi connectivity index (χ0n) is 14.0. The summed E-state index contributed by atoms with van der Waals surface area (Å²) in [6.07, 6.45) is 2.63. The van der Waals surface area contributed by atoms with Crippen LogP contribution in [0.15, 0.2) is 53.5 Å². The molecule has 0 atom stereocenters. The van der Waals surface area contributed by atoms with Gasteiger partial charge in [0.15, 0.2) is 0 Å². The Bertz CT molecular complexity index is 923. The molecule has 7 heteroatoms. The van der Waals surface area contributed by atoms with Crippen LogP contribution in [-0.2, 0) is 17.8 Å². The summed E-state index contributed by atoms with van der Waals surface area (Å²) in [5.74, 6) is -0.0437. The molecule has 0 saturated heterocycles. The van der Waals surface area contributed by atoms with Gasteiger partial charge in [-0.3, -0.25) is 14.6 Å². The van der Waals surface area contributed by atoms with Crippen molar-refractivity contribution < 1.29 is 4.79 Å². The van der Waals surface area contributed by atoms with Gasteiger partial charge in [0.1, 0.15) is 5.52 Å². The lowest BCUT2D eigenvalue weighted by Crippen LogP contribution is -2.32. The van der Waals surface area contributed by atoms with Crippen molar-refractivity contribution in [1.29, 1.82) is 0 Å². The van der Waals surface area contributed by atoms with Crippen molar-refractivity contribution in [3.63, 3.8) is 0 Å². The number of hydrogen-bond donors (Lipinski definition) is 0. The van der Waals surface area contributed by atoms with E-state index >= 15 is 0 Å². The second-order valence-electron chi connectivity index (χ2n) is 5.77. The summed E-state index contributed by atoms with van der Waals surface area (Å²) in [4.78, 5) is 30.5. The smallest absolute Gasteiger partial charge is 0.277 e. The molecule has 0 aliphatic rings. The standard InChI is InChI=1S/C18H19N5O2/c1-22(12-9-14-6-4-5-11-19-14)17(24)10-13-23-18(25)15-7-2-3-8-16(15)20-21-23/h2-8,11H,9-10,12-13H2,1H3. The maximum Gasteiger partial charge on any atom is 0.277 e. The van der Waals surface area contributed by atoms with E-state index in [4.69, 9.17) is 0 Å². The van der Waals surface area contributed by atoms with Crippen LogP contribution in [0.5, 0.6) is 0 Å². The minimum atomic E-state index is -0.227. The number of amides is 1. The summed E-state index contributed by atoms with van der Waals surface area (Å²) in [7, 11) is 1.75. The van der Waals surface area contributed by atoms with Gasteiger partial charge >= 0.3 is 0 Å². The summed E-state index contributed by atoms with van der Waals surface area (Å²) in [6, 6.07) is 12.8. The van der Waals surface area contributed by atoms with Crippen LogP contribution in [0.25, 0.3) is 10.9 Å². The molecule has 7 nitrogen and oxygen atoms in total. The monoisotopic (exact) mass is 337 g/mol. The number of fused-ring (bicyclic) bond motifs is 1. The zero-order valence-corrected chi connectivity index (χ0v) is 14.0. The number of hydrogen-bond acceptors (Lipinski definition) is 5. The molecule has 0 bridgehead atoms. The first-order chi connectivity index (χ1) is 12.1. The van der Waals surface area contributed by atoms with Crippen molar-refractivity contribution in [2.75, 3.05) is 13.6 Å². The van der Waals surface area contributed by atoms with Gasteiger partial charge in [-0.05, 0) is 24.3 Å². The lowest BCUT2D eigenvalue weighted by Gasteiger charge is -2.17. The molecule has 128 valence electrons. The Kier molecular flexibility index (Phi) is 5.13. The van der Waals surface area contributed by atoms with Gasteiger partial charge in [-0.1, -0.05) is 23.4 Å². The van der Waals surface area contributed by atoms with Crippen LogP contribution in [0.4, 0.5) is 0 Å². The summed E-state index contributed by atoms with van der Waals surface area (Å²) in [5, 5.41) is 8.43. The summed E-state index contributed by atoms with van der Waals surface area (Å²) < 4.78 is 1.24. The van der Waals surface area contributed by atoms with E-state index in [-0.39, 0.29) is 24.4 Å². The van der Waals surface area contributed by atoms with Crippen LogP contribution < -0.4 is 5.56 Å². The third kappa shape index (κ3) is 4.06. The third-order valence-corrected chi connectivity index (χ3v) is 4.02. The van der Waals surface area contributed by atoms with E-state index in [2.05, 4.69) is 15.3 Å². The Morgan fingerprint density at radius 1 is 1.16 bits per heavy atom. The molecule has 0 unspecified atom stereocenters. The molecule has 0 spiro atoms. The first-order valence-electron chi connectivity index (χ1n) is 8.11. The Morgan fingerprint density at radius 3 is 2.76 bits per heavy atom. The Hall–Kier alpha value is -3.09. The highest BCUT2D eigenvalue weighted by Crippen LogP contribution is 2.04. The van der Waals surface area contributed by atoms with E-state index in [1.807, 2.05) is 18.2 Å². The maximum atomic E-state index is 12.3. The Morgan fingerprint density at radius 2 is 1.96 bits per heavy atom. The predicted octanol–water partition coefficient (Wildman–Crippen LogP) is 1.28. The molecule has 3 aromatic rings. The number of carbonyl (C=O) groups is 1. The fraction of sp³-hybridized carbons (Fsp3) is 0.278. The fourth-order valence-corrected chi connectivity index (χ4v) is 2.52. The van der Waals surface area contributed by atoms with Crippen LogP contribution >= 0.6 is 0 Å². The number of aromatic nitrogens is 4. The van der Waals surface area contributed by atoms with Crippen LogP contribution in [-0.4, -0.2) is 44.4 Å². The first-order valence-corrected chi connectivity index (χ1v) is 8.11. The van der Waals surface area contributed by atoms with Gasteiger partial charge < -0.3 is 4.90 Å². The quantitative estimate of drug-likeness (QED) is 0.677. The highest BCUT2D eigenvalue weighted by Gasteiger charge is 2.11. The number of aryl methyl sites for hydroxylation is 1. The van der Waals surface area contributed by atoms with Gasteiger partial charge in [0.05, 0.1) is 11.9 Å². The van der Waals surface area contributed by atoms with Crippen LogP contribution in [0.3, 0.4) is 0 Å². The van der Waals surface area contributed by atoms with Gasteiger partial charge in [-0.25, -0.2) is 4.68 Å². The second kappa shape index (κ2) is 7.65. The minimum Gasteiger partial charge on any atom is -0.345 e. The largest absolute Gasteiger partial charge is 0.345 e. The SMILES string of the molecule is CN(CCc1ccccn1)C(=O)CCn1nnc2ccccc2c1=O. The first kappa shape index (κ1) is 16.8. The molecule has 1 amide bonds. The highest BCUT2D eigenvalue weighted by molar-refractivity contribution is 5.77. The van der Waals surface area contributed by atoms with E-state index in [0.717, 1.165) is 5.69 Å². The minimum absolute atomic E-state index is 0.0437. The molecular formula is C18H19N5O2. The number of likely N-dealkylation sites (N-methyl/N-ethyl adjacent to an activating group) is 1. The average Bonchev–Trinajstić information content (AvgIpc) is 2.66. The molecular weight excluding hydrogens is 318 g/mol. The van der Waals surface area contributed by atoms with Crippen molar-refractivity contribution >= 4 is 16.8 Å². The molecule has 3 rings (SSSR count). The number of benzene rings is 1. The summed E-state index contributed by atoms with van der Waals surface area (Å²) in [6.45, 7) is 0.789. The predicted molar refractivity (Wildman–Crippen MR) is 94.0 cm³/mol. The third-order valence-electron chi connectivity index (χ3n) is 4.02. The van der Waals surface area contributed by atoms with E-state index in [1.54, 1.807) is 42.4 Å². The topological polar surface area (TPSA) is 81.0 Å². The van der Waals surface area contributed by atoms with E-state index in [0.29, 0.717) is 23.9 Å². The van der Waals surface area contributed by atoms with Gasteiger partial charge in [-0.15, -0.1) is 5.10 Å². The van der Waals surface area contributed by atoms with Crippen molar-refractivity contribution in [3.8, 4) is 0 Å². The normalized spacial score (nSPS) is 10.8. The number of nitrogens with zero attached hydrogens (tertiary/aromatic N) is 5. The number of carbonyl (C=O) groups excluding carboxylic acids is 1. The lowest BCUT2D eigenvalue weighted by molar-refractivity contribution is -0.130. The maximum absolute atomic E-state index is 12.3. The van der Waals surface area contributed by atoms with E-state index in [9.17, 15) is 9.59 Å². The fourth-order valence-electron chi connectivity index (χ4n) is 2.52. The van der Waals surface area contributed by atoms with E-state index in [1.165, 1.54) is 4.68 Å². The van der Waals surface area contributed by atoms with Crippen molar-refractivity contribution in [2.24, 2.45) is 0 Å². The molecule has 1 aromatic carbocycles. The van der Waals surface area contributed by atoms with Crippen LogP contribution in [0.1, 0.15) is 12.1 Å². The summed E-state index contributed by atoms with van der Waals surface area (Å²) >= 11 is 0. The van der Waals surface area contributed by atoms with Crippen LogP contribution in [0.2, 0.25) is 0 Å².